The minimum Gasteiger partial charge on any atom is -0.383 e. The lowest BCUT2D eigenvalue weighted by molar-refractivity contribution is -0.133. The highest BCUT2D eigenvalue weighted by Gasteiger charge is 2.26. The third-order valence-corrected chi connectivity index (χ3v) is 2.92. The summed E-state index contributed by atoms with van der Waals surface area (Å²) < 4.78 is 4.96. The molecule has 0 aromatic rings. The van der Waals surface area contributed by atoms with Gasteiger partial charge in [-0.15, -0.1) is 0 Å². The van der Waals surface area contributed by atoms with Crippen LogP contribution in [-0.2, 0) is 9.53 Å². The summed E-state index contributed by atoms with van der Waals surface area (Å²) >= 11 is 0. The van der Waals surface area contributed by atoms with Crippen LogP contribution in [0.25, 0.3) is 0 Å². The fraction of sp³-hybridized carbons (Fsp3) is 0.909. The first-order valence-electron chi connectivity index (χ1n) is 5.65. The highest BCUT2D eigenvalue weighted by atomic mass is 16.5. The summed E-state index contributed by atoms with van der Waals surface area (Å²) in [6, 6.07) is 0.471. The number of piperidine rings is 1. The van der Waals surface area contributed by atoms with Crippen molar-refractivity contribution in [1.29, 1.82) is 0 Å². The van der Waals surface area contributed by atoms with E-state index in [4.69, 9.17) is 4.74 Å². The monoisotopic (exact) mass is 214 g/mol. The van der Waals surface area contributed by atoms with E-state index in [1.165, 1.54) is 6.42 Å². The van der Waals surface area contributed by atoms with Gasteiger partial charge in [0.15, 0.2) is 0 Å². The molecule has 0 saturated carbocycles. The zero-order chi connectivity index (χ0) is 11.3. The third kappa shape index (κ3) is 3.80. The highest BCUT2D eigenvalue weighted by molar-refractivity contribution is 5.81. The summed E-state index contributed by atoms with van der Waals surface area (Å²) in [5.41, 5.74) is 0. The fourth-order valence-corrected chi connectivity index (χ4v) is 1.94. The molecular weight excluding hydrogens is 192 g/mol. The number of carbonyl (C=O) groups is 1. The minimum atomic E-state index is 0.00982. The highest BCUT2D eigenvalue weighted by Crippen LogP contribution is 2.13. The van der Waals surface area contributed by atoms with Crippen LogP contribution in [0.3, 0.4) is 0 Å². The van der Waals surface area contributed by atoms with Crippen LogP contribution in [-0.4, -0.2) is 50.2 Å². The average molecular weight is 214 g/mol. The molecule has 0 bridgehead atoms. The van der Waals surface area contributed by atoms with Crippen molar-refractivity contribution >= 4 is 5.91 Å². The molecule has 2 atom stereocenters. The number of carbonyl (C=O) groups excluding carboxylic acids is 1. The number of hydrogen-bond acceptors (Lipinski definition) is 3. The van der Waals surface area contributed by atoms with Gasteiger partial charge in [-0.1, -0.05) is 0 Å². The van der Waals surface area contributed by atoms with E-state index in [-0.39, 0.29) is 11.9 Å². The first kappa shape index (κ1) is 12.5. The van der Waals surface area contributed by atoms with Crippen molar-refractivity contribution in [2.24, 2.45) is 0 Å². The van der Waals surface area contributed by atoms with Gasteiger partial charge >= 0.3 is 0 Å². The number of nitrogens with zero attached hydrogens (tertiary/aromatic N) is 1. The van der Waals surface area contributed by atoms with Crippen LogP contribution in [0.15, 0.2) is 0 Å². The molecule has 1 amide bonds. The summed E-state index contributed by atoms with van der Waals surface area (Å²) in [5.74, 6) is 0.193. The molecule has 1 fully saturated rings. The van der Waals surface area contributed by atoms with Gasteiger partial charge in [-0.25, -0.2) is 0 Å². The standard InChI is InChI=1S/C11H22N2O2/c1-9-5-4-6-10(12-9)11(14)13(2)7-8-15-3/h9-10,12H,4-8H2,1-3H3. The molecule has 1 N–H and O–H groups in total. The Morgan fingerprint density at radius 3 is 2.87 bits per heavy atom. The zero-order valence-electron chi connectivity index (χ0n) is 9.95. The molecule has 4 heteroatoms. The number of likely N-dealkylation sites (N-methyl/N-ethyl adjacent to an activating group) is 1. The van der Waals surface area contributed by atoms with Gasteiger partial charge in [0.25, 0.3) is 0 Å². The molecule has 15 heavy (non-hydrogen) atoms. The number of hydrogen-bond donors (Lipinski definition) is 1. The van der Waals surface area contributed by atoms with Gasteiger partial charge in [-0.2, -0.15) is 0 Å². The molecule has 1 heterocycles. The second kappa shape index (κ2) is 6.08. The van der Waals surface area contributed by atoms with Gasteiger partial charge in [0.1, 0.15) is 0 Å². The zero-order valence-corrected chi connectivity index (χ0v) is 9.95. The van der Waals surface area contributed by atoms with Crippen molar-refractivity contribution in [2.45, 2.75) is 38.3 Å². The first-order valence-corrected chi connectivity index (χ1v) is 5.65. The lowest BCUT2D eigenvalue weighted by Gasteiger charge is -2.30. The SMILES string of the molecule is COCCN(C)C(=O)C1CCCC(C)N1. The van der Waals surface area contributed by atoms with Gasteiger partial charge in [0.2, 0.25) is 5.91 Å². The van der Waals surface area contributed by atoms with Crippen LogP contribution in [0.2, 0.25) is 0 Å². The molecule has 1 aliphatic heterocycles. The molecular formula is C11H22N2O2. The van der Waals surface area contributed by atoms with E-state index in [1.807, 2.05) is 7.05 Å². The summed E-state index contributed by atoms with van der Waals surface area (Å²) in [7, 11) is 3.49. The van der Waals surface area contributed by atoms with Crippen LogP contribution in [0.4, 0.5) is 0 Å². The van der Waals surface area contributed by atoms with E-state index in [1.54, 1.807) is 12.0 Å². The largest absolute Gasteiger partial charge is 0.383 e. The summed E-state index contributed by atoms with van der Waals surface area (Å²) in [6.45, 7) is 3.40. The molecule has 4 nitrogen and oxygen atoms in total. The van der Waals surface area contributed by atoms with Gasteiger partial charge in [0.05, 0.1) is 12.6 Å². The molecule has 1 aliphatic rings. The predicted octanol–water partition coefficient (Wildman–Crippen LogP) is 0.622. The van der Waals surface area contributed by atoms with Crippen molar-refractivity contribution in [1.82, 2.24) is 10.2 Å². The Balaban J connectivity index is 2.37. The topological polar surface area (TPSA) is 41.6 Å². The van der Waals surface area contributed by atoms with Crippen LogP contribution >= 0.6 is 0 Å². The van der Waals surface area contributed by atoms with Crippen LogP contribution in [0, 0.1) is 0 Å². The Hall–Kier alpha value is -0.610. The Labute approximate surface area is 92.0 Å². The van der Waals surface area contributed by atoms with Crippen molar-refractivity contribution in [3.05, 3.63) is 0 Å². The van der Waals surface area contributed by atoms with Crippen molar-refractivity contribution in [3.8, 4) is 0 Å². The van der Waals surface area contributed by atoms with E-state index < -0.39 is 0 Å². The van der Waals surface area contributed by atoms with Crippen molar-refractivity contribution in [3.63, 3.8) is 0 Å². The number of nitrogens with one attached hydrogen (secondary N) is 1. The second-order valence-electron chi connectivity index (χ2n) is 4.30. The average Bonchev–Trinajstić information content (AvgIpc) is 2.24. The number of amides is 1. The van der Waals surface area contributed by atoms with E-state index in [0.717, 1.165) is 12.8 Å². The molecule has 0 spiro atoms. The van der Waals surface area contributed by atoms with Gasteiger partial charge in [-0.3, -0.25) is 4.79 Å². The molecule has 0 aromatic carbocycles. The van der Waals surface area contributed by atoms with Gasteiger partial charge in [0, 0.05) is 26.7 Å². The number of methoxy groups -OCH3 is 1. The molecule has 2 unspecified atom stereocenters. The normalized spacial score (nSPS) is 26.3. The molecule has 0 aliphatic carbocycles. The van der Waals surface area contributed by atoms with E-state index in [9.17, 15) is 4.79 Å². The molecule has 0 radical (unpaired) electrons. The van der Waals surface area contributed by atoms with E-state index in [0.29, 0.717) is 19.2 Å². The van der Waals surface area contributed by atoms with Crippen LogP contribution in [0.1, 0.15) is 26.2 Å². The smallest absolute Gasteiger partial charge is 0.239 e. The lowest BCUT2D eigenvalue weighted by atomic mass is 9.99. The quantitative estimate of drug-likeness (QED) is 0.746. The Bertz CT molecular complexity index is 209. The van der Waals surface area contributed by atoms with Crippen LogP contribution < -0.4 is 5.32 Å². The van der Waals surface area contributed by atoms with E-state index in [2.05, 4.69) is 12.2 Å². The molecule has 0 aromatic heterocycles. The minimum absolute atomic E-state index is 0.00982. The number of ether oxygens (including phenoxy) is 1. The molecule has 1 rings (SSSR count). The predicted molar refractivity (Wildman–Crippen MR) is 59.7 cm³/mol. The van der Waals surface area contributed by atoms with Crippen LogP contribution in [0.5, 0.6) is 0 Å². The Kier molecular flexibility index (Phi) is 5.05. The third-order valence-electron chi connectivity index (χ3n) is 2.92. The Morgan fingerprint density at radius 1 is 1.53 bits per heavy atom. The van der Waals surface area contributed by atoms with E-state index >= 15 is 0 Å². The molecule has 1 saturated heterocycles. The Morgan fingerprint density at radius 2 is 2.27 bits per heavy atom. The van der Waals surface area contributed by atoms with Gasteiger partial charge < -0.3 is 15.0 Å². The van der Waals surface area contributed by atoms with Crippen molar-refractivity contribution < 1.29 is 9.53 Å². The second-order valence-corrected chi connectivity index (χ2v) is 4.30. The summed E-state index contributed by atoms with van der Waals surface area (Å²) in [4.78, 5) is 13.7. The van der Waals surface area contributed by atoms with Crippen molar-refractivity contribution in [2.75, 3.05) is 27.3 Å². The molecule has 88 valence electrons. The summed E-state index contributed by atoms with van der Waals surface area (Å²) in [6.07, 6.45) is 3.27. The fourth-order valence-electron chi connectivity index (χ4n) is 1.94. The first-order chi connectivity index (χ1) is 7.15. The number of rotatable bonds is 4. The maximum atomic E-state index is 12.0. The summed E-state index contributed by atoms with van der Waals surface area (Å²) in [5, 5.41) is 3.34. The van der Waals surface area contributed by atoms with Gasteiger partial charge in [-0.05, 0) is 26.2 Å². The maximum Gasteiger partial charge on any atom is 0.239 e. The lowest BCUT2D eigenvalue weighted by Crippen LogP contribution is -2.50. The maximum absolute atomic E-state index is 12.0.